The Morgan fingerprint density at radius 3 is 2.90 bits per heavy atom. The van der Waals surface area contributed by atoms with Crippen molar-refractivity contribution in [1.29, 1.82) is 0 Å². The maximum absolute atomic E-state index is 5.69. The molecule has 0 aromatic carbocycles. The molecule has 2 atom stereocenters. The number of nitrogens with zero attached hydrogens (tertiary/aromatic N) is 2. The van der Waals surface area contributed by atoms with Gasteiger partial charge in [-0.2, -0.15) is 0 Å². The van der Waals surface area contributed by atoms with Crippen molar-refractivity contribution in [1.82, 2.24) is 9.91 Å². The summed E-state index contributed by atoms with van der Waals surface area (Å²) in [4.78, 5) is 2.43. The molecule has 0 aromatic heterocycles. The molecule has 0 spiro atoms. The third kappa shape index (κ3) is 0.856. The van der Waals surface area contributed by atoms with Gasteiger partial charge in [0.2, 0.25) is 0 Å². The van der Waals surface area contributed by atoms with Gasteiger partial charge in [0, 0.05) is 19.1 Å². The van der Waals surface area contributed by atoms with Crippen LogP contribution in [0.3, 0.4) is 0 Å². The molecule has 2 saturated heterocycles. The van der Waals surface area contributed by atoms with Gasteiger partial charge in [-0.25, -0.2) is 5.01 Å². The molecule has 3 heteroatoms. The first-order valence-electron chi connectivity index (χ1n) is 3.97. The number of rotatable bonds is 0. The van der Waals surface area contributed by atoms with Crippen molar-refractivity contribution >= 4 is 0 Å². The molecule has 2 aliphatic rings. The standard InChI is InChI=1S/C7H15N3/c1-9-3-2-6-4-10(8)5-7(6)9/h6-7H,2-5,8H2,1H3. The predicted octanol–water partition coefficient (Wildman–Crippen LogP) is -0.504. The molecule has 0 radical (unpaired) electrons. The van der Waals surface area contributed by atoms with E-state index in [4.69, 9.17) is 5.84 Å². The van der Waals surface area contributed by atoms with E-state index in [0.717, 1.165) is 25.0 Å². The molecule has 2 rings (SSSR count). The van der Waals surface area contributed by atoms with Gasteiger partial charge in [0.1, 0.15) is 0 Å². The Hall–Kier alpha value is -0.120. The number of nitrogens with two attached hydrogens (primary N) is 1. The second-order valence-corrected chi connectivity index (χ2v) is 3.55. The number of hydrazine groups is 1. The van der Waals surface area contributed by atoms with Crippen molar-refractivity contribution < 1.29 is 0 Å². The molecule has 3 nitrogen and oxygen atoms in total. The highest BCUT2D eigenvalue weighted by molar-refractivity contribution is 4.92. The largest absolute Gasteiger partial charge is 0.302 e. The SMILES string of the molecule is CN1CCC2CN(N)CC21. The summed E-state index contributed by atoms with van der Waals surface area (Å²) in [5.41, 5.74) is 0. The van der Waals surface area contributed by atoms with E-state index in [1.54, 1.807) is 0 Å². The van der Waals surface area contributed by atoms with Gasteiger partial charge in [0.25, 0.3) is 0 Å². The average molecular weight is 141 g/mol. The van der Waals surface area contributed by atoms with Crippen molar-refractivity contribution in [3.63, 3.8) is 0 Å². The molecule has 0 aromatic rings. The number of likely N-dealkylation sites (N-methyl/N-ethyl adjacent to an activating group) is 1. The zero-order valence-corrected chi connectivity index (χ0v) is 6.45. The third-order valence-corrected chi connectivity index (χ3v) is 2.85. The van der Waals surface area contributed by atoms with E-state index in [1.807, 2.05) is 5.01 Å². The summed E-state index contributed by atoms with van der Waals surface area (Å²) in [6.45, 7) is 3.44. The summed E-state index contributed by atoms with van der Waals surface area (Å²) >= 11 is 0. The van der Waals surface area contributed by atoms with E-state index in [1.165, 1.54) is 13.0 Å². The highest BCUT2D eigenvalue weighted by Crippen LogP contribution is 2.28. The van der Waals surface area contributed by atoms with E-state index in [-0.39, 0.29) is 0 Å². The molecule has 0 bridgehead atoms. The van der Waals surface area contributed by atoms with Crippen LogP contribution in [0.2, 0.25) is 0 Å². The van der Waals surface area contributed by atoms with Crippen LogP contribution >= 0.6 is 0 Å². The first-order valence-corrected chi connectivity index (χ1v) is 3.97. The summed E-state index contributed by atoms with van der Waals surface area (Å²) < 4.78 is 0. The molecule has 2 unspecified atom stereocenters. The summed E-state index contributed by atoms with van der Waals surface area (Å²) in [6, 6.07) is 0.755. The van der Waals surface area contributed by atoms with Gasteiger partial charge in [-0.15, -0.1) is 0 Å². The molecule has 2 aliphatic heterocycles. The molecule has 0 amide bonds. The van der Waals surface area contributed by atoms with Gasteiger partial charge in [0.05, 0.1) is 0 Å². The van der Waals surface area contributed by atoms with Crippen LogP contribution in [0.15, 0.2) is 0 Å². The van der Waals surface area contributed by atoms with Gasteiger partial charge in [-0.05, 0) is 25.9 Å². The molecule has 2 N–H and O–H groups in total. The summed E-state index contributed by atoms with van der Waals surface area (Å²) in [6.07, 6.45) is 1.34. The van der Waals surface area contributed by atoms with Crippen LogP contribution in [0.25, 0.3) is 0 Å². The molecule has 0 aliphatic carbocycles. The molecular formula is C7H15N3. The van der Waals surface area contributed by atoms with Crippen LogP contribution in [-0.4, -0.2) is 42.6 Å². The molecule has 58 valence electrons. The van der Waals surface area contributed by atoms with E-state index in [2.05, 4.69) is 11.9 Å². The van der Waals surface area contributed by atoms with E-state index in [0.29, 0.717) is 0 Å². The van der Waals surface area contributed by atoms with Crippen LogP contribution in [-0.2, 0) is 0 Å². The van der Waals surface area contributed by atoms with E-state index >= 15 is 0 Å². The fraction of sp³-hybridized carbons (Fsp3) is 1.00. The lowest BCUT2D eigenvalue weighted by Crippen LogP contribution is -2.35. The Morgan fingerprint density at radius 2 is 2.20 bits per heavy atom. The minimum Gasteiger partial charge on any atom is -0.302 e. The number of hydrogen-bond donors (Lipinski definition) is 1. The van der Waals surface area contributed by atoms with Gasteiger partial charge < -0.3 is 4.90 Å². The van der Waals surface area contributed by atoms with Gasteiger partial charge in [0.15, 0.2) is 0 Å². The first kappa shape index (κ1) is 6.58. The lowest BCUT2D eigenvalue weighted by molar-refractivity contribution is 0.264. The monoisotopic (exact) mass is 141 g/mol. The minimum atomic E-state index is 0.755. The van der Waals surface area contributed by atoms with Crippen molar-refractivity contribution in [2.45, 2.75) is 12.5 Å². The second kappa shape index (κ2) is 2.19. The van der Waals surface area contributed by atoms with Gasteiger partial charge in [-0.1, -0.05) is 0 Å². The number of likely N-dealkylation sites (tertiary alicyclic amines) is 1. The Kier molecular flexibility index (Phi) is 1.44. The fourth-order valence-electron chi connectivity index (χ4n) is 2.20. The second-order valence-electron chi connectivity index (χ2n) is 3.55. The lowest BCUT2D eigenvalue weighted by atomic mass is 10.1. The maximum atomic E-state index is 5.69. The fourth-order valence-corrected chi connectivity index (χ4v) is 2.20. The van der Waals surface area contributed by atoms with Crippen LogP contribution in [0.1, 0.15) is 6.42 Å². The Balaban J connectivity index is 2.05. The van der Waals surface area contributed by atoms with Crippen LogP contribution in [0.5, 0.6) is 0 Å². The van der Waals surface area contributed by atoms with Crippen LogP contribution in [0, 0.1) is 5.92 Å². The topological polar surface area (TPSA) is 32.5 Å². The summed E-state index contributed by atoms with van der Waals surface area (Å²) in [7, 11) is 2.20. The third-order valence-electron chi connectivity index (χ3n) is 2.85. The van der Waals surface area contributed by atoms with Crippen LogP contribution in [0.4, 0.5) is 0 Å². The smallest absolute Gasteiger partial charge is 0.0288 e. The molecule has 0 saturated carbocycles. The van der Waals surface area contributed by atoms with Gasteiger partial charge >= 0.3 is 0 Å². The highest BCUT2D eigenvalue weighted by atomic mass is 15.4. The maximum Gasteiger partial charge on any atom is 0.0288 e. The highest BCUT2D eigenvalue weighted by Gasteiger charge is 2.38. The average Bonchev–Trinajstić information content (AvgIpc) is 2.35. The lowest BCUT2D eigenvalue weighted by Gasteiger charge is -2.17. The minimum absolute atomic E-state index is 0.755. The predicted molar refractivity (Wildman–Crippen MR) is 40.3 cm³/mol. The molecule has 10 heavy (non-hydrogen) atoms. The Bertz CT molecular complexity index is 137. The summed E-state index contributed by atoms with van der Waals surface area (Å²) in [5, 5.41) is 1.95. The van der Waals surface area contributed by atoms with Crippen molar-refractivity contribution in [3.05, 3.63) is 0 Å². The van der Waals surface area contributed by atoms with Gasteiger partial charge in [-0.3, -0.25) is 5.84 Å². The van der Waals surface area contributed by atoms with Crippen molar-refractivity contribution in [2.24, 2.45) is 11.8 Å². The summed E-state index contributed by atoms with van der Waals surface area (Å²) in [5.74, 6) is 6.55. The normalized spacial score (nSPS) is 42.6. The van der Waals surface area contributed by atoms with E-state index in [9.17, 15) is 0 Å². The Labute approximate surface area is 61.7 Å². The molecule has 2 heterocycles. The van der Waals surface area contributed by atoms with Crippen molar-refractivity contribution in [2.75, 3.05) is 26.7 Å². The molecular weight excluding hydrogens is 126 g/mol. The van der Waals surface area contributed by atoms with E-state index < -0.39 is 0 Å². The zero-order chi connectivity index (χ0) is 7.14. The number of hydrogen-bond acceptors (Lipinski definition) is 3. The molecule has 2 fully saturated rings. The first-order chi connectivity index (χ1) is 4.77. The van der Waals surface area contributed by atoms with Crippen molar-refractivity contribution in [3.8, 4) is 0 Å². The van der Waals surface area contributed by atoms with Crippen LogP contribution < -0.4 is 5.84 Å². The zero-order valence-electron chi connectivity index (χ0n) is 6.45. The number of fused-ring (bicyclic) bond motifs is 1. The Morgan fingerprint density at radius 1 is 1.40 bits per heavy atom. The quantitative estimate of drug-likeness (QED) is 0.461.